The van der Waals surface area contributed by atoms with Crippen LogP contribution in [-0.4, -0.2) is 40.0 Å². The predicted molar refractivity (Wildman–Crippen MR) is 49.9 cm³/mol. The third-order valence-corrected chi connectivity index (χ3v) is 3.14. The summed E-state index contributed by atoms with van der Waals surface area (Å²) >= 11 is 2.23. The summed E-state index contributed by atoms with van der Waals surface area (Å²) < 4.78 is 0.892. The molecule has 0 bridgehead atoms. The summed E-state index contributed by atoms with van der Waals surface area (Å²) in [7, 11) is 0. The van der Waals surface area contributed by atoms with Crippen LogP contribution in [-0.2, 0) is 4.79 Å². The SMILES string of the molecule is O=C1NC(=O)C2(CN(CI)C2)N1. The topological polar surface area (TPSA) is 61.4 Å². The summed E-state index contributed by atoms with van der Waals surface area (Å²) in [6.07, 6.45) is 0. The van der Waals surface area contributed by atoms with Crippen molar-refractivity contribution in [3.63, 3.8) is 0 Å². The Morgan fingerprint density at radius 2 is 2.17 bits per heavy atom. The first kappa shape index (κ1) is 8.24. The van der Waals surface area contributed by atoms with Crippen molar-refractivity contribution in [2.75, 3.05) is 17.6 Å². The molecule has 2 rings (SSSR count). The van der Waals surface area contributed by atoms with Crippen LogP contribution in [0.15, 0.2) is 0 Å². The van der Waals surface area contributed by atoms with E-state index in [4.69, 9.17) is 0 Å². The highest BCUT2D eigenvalue weighted by Crippen LogP contribution is 2.24. The van der Waals surface area contributed by atoms with Crippen LogP contribution in [0.4, 0.5) is 4.79 Å². The van der Waals surface area contributed by atoms with Gasteiger partial charge in [0.05, 0.1) is 4.55 Å². The molecule has 66 valence electrons. The normalized spacial score (nSPS) is 26.8. The van der Waals surface area contributed by atoms with Crippen molar-refractivity contribution in [2.24, 2.45) is 0 Å². The molecule has 2 aliphatic rings. The van der Waals surface area contributed by atoms with Gasteiger partial charge in [-0.15, -0.1) is 0 Å². The molecule has 0 atom stereocenters. The van der Waals surface area contributed by atoms with Crippen molar-refractivity contribution in [2.45, 2.75) is 5.54 Å². The Bertz CT molecular complexity index is 249. The quantitative estimate of drug-likeness (QED) is 0.288. The molecule has 12 heavy (non-hydrogen) atoms. The molecule has 0 unspecified atom stereocenters. The second kappa shape index (κ2) is 2.56. The number of nitrogens with one attached hydrogen (secondary N) is 2. The van der Waals surface area contributed by atoms with Gasteiger partial charge in [-0.05, 0) is 0 Å². The van der Waals surface area contributed by atoms with Crippen LogP contribution >= 0.6 is 22.6 Å². The average Bonchev–Trinajstić information content (AvgIpc) is 2.22. The maximum absolute atomic E-state index is 11.2. The van der Waals surface area contributed by atoms with Gasteiger partial charge in [0.15, 0.2) is 0 Å². The zero-order chi connectivity index (χ0) is 8.77. The molecule has 0 radical (unpaired) electrons. The smallest absolute Gasteiger partial charge is 0.321 e. The van der Waals surface area contributed by atoms with Crippen molar-refractivity contribution in [3.8, 4) is 0 Å². The van der Waals surface area contributed by atoms with E-state index in [0.717, 1.165) is 4.55 Å². The lowest BCUT2D eigenvalue weighted by Gasteiger charge is -2.44. The fraction of sp³-hybridized carbons (Fsp3) is 0.667. The second-order valence-electron chi connectivity index (χ2n) is 3.10. The number of hydrogen-bond acceptors (Lipinski definition) is 3. The van der Waals surface area contributed by atoms with Crippen molar-refractivity contribution in [3.05, 3.63) is 0 Å². The molecular weight excluding hydrogens is 273 g/mol. The van der Waals surface area contributed by atoms with Crippen LogP contribution in [0.3, 0.4) is 0 Å². The largest absolute Gasteiger partial charge is 0.322 e. The van der Waals surface area contributed by atoms with E-state index in [2.05, 4.69) is 38.1 Å². The molecule has 5 nitrogen and oxygen atoms in total. The zero-order valence-corrected chi connectivity index (χ0v) is 8.42. The van der Waals surface area contributed by atoms with Crippen LogP contribution in [0.5, 0.6) is 0 Å². The van der Waals surface area contributed by atoms with E-state index in [0.29, 0.717) is 13.1 Å². The number of nitrogens with zero attached hydrogens (tertiary/aromatic N) is 1. The molecule has 2 aliphatic heterocycles. The molecule has 0 aromatic rings. The first-order valence-corrected chi connectivity index (χ1v) is 5.11. The number of rotatable bonds is 1. The van der Waals surface area contributed by atoms with Gasteiger partial charge in [-0.3, -0.25) is 15.0 Å². The number of amides is 3. The van der Waals surface area contributed by atoms with Crippen LogP contribution < -0.4 is 10.6 Å². The summed E-state index contributed by atoms with van der Waals surface area (Å²) in [4.78, 5) is 24.1. The lowest BCUT2D eigenvalue weighted by molar-refractivity contribution is -0.129. The van der Waals surface area contributed by atoms with Gasteiger partial charge >= 0.3 is 6.03 Å². The van der Waals surface area contributed by atoms with Crippen molar-refractivity contribution >= 4 is 34.5 Å². The van der Waals surface area contributed by atoms with E-state index in [1.54, 1.807) is 0 Å². The van der Waals surface area contributed by atoms with Gasteiger partial charge in [0.2, 0.25) is 0 Å². The first-order valence-electron chi connectivity index (χ1n) is 3.58. The Labute approximate surface area is 83.0 Å². The van der Waals surface area contributed by atoms with Crippen LogP contribution in [0.2, 0.25) is 0 Å². The van der Waals surface area contributed by atoms with E-state index in [9.17, 15) is 9.59 Å². The van der Waals surface area contributed by atoms with Gasteiger partial charge in [0.1, 0.15) is 5.54 Å². The number of alkyl halides is 1. The van der Waals surface area contributed by atoms with Gasteiger partial charge < -0.3 is 5.32 Å². The summed E-state index contributed by atoms with van der Waals surface area (Å²) in [6.45, 7) is 1.26. The number of hydrogen-bond donors (Lipinski definition) is 2. The Morgan fingerprint density at radius 3 is 2.58 bits per heavy atom. The van der Waals surface area contributed by atoms with Gasteiger partial charge in [0, 0.05) is 13.1 Å². The zero-order valence-electron chi connectivity index (χ0n) is 6.26. The molecule has 2 fully saturated rings. The molecule has 6 heteroatoms. The third kappa shape index (κ3) is 1.01. The second-order valence-corrected chi connectivity index (χ2v) is 3.78. The Balaban J connectivity index is 2.06. The summed E-state index contributed by atoms with van der Waals surface area (Å²) in [5.41, 5.74) is -0.609. The number of imide groups is 1. The monoisotopic (exact) mass is 281 g/mol. The Kier molecular flexibility index (Phi) is 1.76. The van der Waals surface area contributed by atoms with Crippen LogP contribution in [0.25, 0.3) is 0 Å². The van der Waals surface area contributed by atoms with E-state index >= 15 is 0 Å². The first-order chi connectivity index (χ1) is 5.66. The van der Waals surface area contributed by atoms with E-state index < -0.39 is 5.54 Å². The van der Waals surface area contributed by atoms with Crippen LogP contribution in [0.1, 0.15) is 0 Å². The molecule has 3 amide bonds. The molecule has 0 aromatic heterocycles. The van der Waals surface area contributed by atoms with Crippen molar-refractivity contribution < 1.29 is 9.59 Å². The highest BCUT2D eigenvalue weighted by Gasteiger charge is 2.54. The number of urea groups is 1. The molecule has 2 heterocycles. The Hall–Kier alpha value is -0.370. The fourth-order valence-corrected chi connectivity index (χ4v) is 2.03. The van der Waals surface area contributed by atoms with Crippen LogP contribution in [0, 0.1) is 0 Å². The van der Waals surface area contributed by atoms with E-state index in [1.807, 2.05) is 0 Å². The molecule has 0 aromatic carbocycles. The minimum Gasteiger partial charge on any atom is -0.321 e. The van der Waals surface area contributed by atoms with Gasteiger partial charge in [-0.25, -0.2) is 4.79 Å². The molecular formula is C6H8IN3O2. The number of halogens is 1. The van der Waals surface area contributed by atoms with Gasteiger partial charge in [-0.1, -0.05) is 22.6 Å². The lowest BCUT2D eigenvalue weighted by Crippen LogP contribution is -2.70. The minimum atomic E-state index is -0.609. The molecule has 1 spiro atoms. The van der Waals surface area contributed by atoms with Crippen molar-refractivity contribution in [1.82, 2.24) is 15.5 Å². The summed E-state index contributed by atoms with van der Waals surface area (Å²) in [5.74, 6) is -0.186. The minimum absolute atomic E-state index is 0.186. The third-order valence-electron chi connectivity index (χ3n) is 2.17. The fourth-order valence-electron chi connectivity index (χ4n) is 1.55. The maximum Gasteiger partial charge on any atom is 0.322 e. The molecule has 2 saturated heterocycles. The highest BCUT2D eigenvalue weighted by molar-refractivity contribution is 14.1. The van der Waals surface area contributed by atoms with Gasteiger partial charge in [-0.2, -0.15) is 0 Å². The average molecular weight is 281 g/mol. The Morgan fingerprint density at radius 1 is 1.50 bits per heavy atom. The standard InChI is InChI=1S/C6H8IN3O2/c7-3-10-1-6(2-10)4(11)8-5(12)9-6/h1-3H2,(H2,8,9,11,12). The molecule has 2 N–H and O–H groups in total. The summed E-state index contributed by atoms with van der Waals surface area (Å²) in [5, 5.41) is 4.87. The van der Waals surface area contributed by atoms with Gasteiger partial charge in [0.25, 0.3) is 5.91 Å². The summed E-state index contributed by atoms with van der Waals surface area (Å²) in [6, 6.07) is -0.367. The number of likely N-dealkylation sites (tertiary alicyclic amines) is 1. The number of carbonyl (C=O) groups is 2. The van der Waals surface area contributed by atoms with Crippen molar-refractivity contribution in [1.29, 1.82) is 0 Å². The maximum atomic E-state index is 11.2. The number of carbonyl (C=O) groups excluding carboxylic acids is 2. The lowest BCUT2D eigenvalue weighted by atomic mass is 9.91. The highest BCUT2D eigenvalue weighted by atomic mass is 127. The molecule has 0 saturated carbocycles. The molecule has 0 aliphatic carbocycles. The van der Waals surface area contributed by atoms with E-state index in [-0.39, 0.29) is 11.9 Å². The van der Waals surface area contributed by atoms with E-state index in [1.165, 1.54) is 0 Å². The predicted octanol–water partition coefficient (Wildman–Crippen LogP) is -0.727.